The van der Waals surface area contributed by atoms with E-state index in [1.54, 1.807) is 13.8 Å². The number of hydrogen-bond acceptors (Lipinski definition) is 4. The molecule has 3 aromatic rings. The lowest BCUT2D eigenvalue weighted by Gasteiger charge is -2.09. The van der Waals surface area contributed by atoms with Gasteiger partial charge in [0.25, 0.3) is 0 Å². The van der Waals surface area contributed by atoms with Crippen molar-refractivity contribution < 1.29 is 9.53 Å². The lowest BCUT2D eigenvalue weighted by molar-refractivity contribution is 0.0526. The Kier molecular flexibility index (Phi) is 3.63. The molecule has 0 spiro atoms. The van der Waals surface area contributed by atoms with Gasteiger partial charge in [0.1, 0.15) is 11.4 Å². The minimum atomic E-state index is -0.398. The van der Waals surface area contributed by atoms with Crippen molar-refractivity contribution in [2.75, 3.05) is 6.61 Å². The minimum absolute atomic E-state index is 0.323. The summed E-state index contributed by atoms with van der Waals surface area (Å²) < 4.78 is 7.15. The first kappa shape index (κ1) is 14.3. The average molecular weight is 295 g/mol. The van der Waals surface area contributed by atoms with Crippen LogP contribution in [0.2, 0.25) is 0 Å². The standard InChI is InChI=1S/C17H17N3O2/c1-4-22-17(21)14-10-18-11(2)19-16(14)13-5-6-15-12(9-13)7-8-20(15)3/h5-10H,4H2,1-3H3. The highest BCUT2D eigenvalue weighted by Crippen LogP contribution is 2.26. The van der Waals surface area contributed by atoms with Gasteiger partial charge in [0.15, 0.2) is 0 Å². The number of ether oxygens (including phenoxy) is 1. The Morgan fingerprint density at radius 3 is 2.91 bits per heavy atom. The molecule has 112 valence electrons. The summed E-state index contributed by atoms with van der Waals surface area (Å²) in [6.07, 6.45) is 3.54. The second-order valence-electron chi connectivity index (χ2n) is 5.10. The summed E-state index contributed by atoms with van der Waals surface area (Å²) in [5.41, 5.74) is 3.01. The number of benzene rings is 1. The fraction of sp³-hybridized carbons (Fsp3) is 0.235. The van der Waals surface area contributed by atoms with Crippen LogP contribution in [-0.4, -0.2) is 27.1 Å². The Bertz CT molecular complexity index is 852. The molecule has 0 bridgehead atoms. The zero-order valence-electron chi connectivity index (χ0n) is 12.8. The molecule has 1 aromatic carbocycles. The molecule has 5 nitrogen and oxygen atoms in total. The number of fused-ring (bicyclic) bond motifs is 1. The van der Waals surface area contributed by atoms with Crippen molar-refractivity contribution in [2.24, 2.45) is 7.05 Å². The zero-order valence-corrected chi connectivity index (χ0v) is 12.8. The van der Waals surface area contributed by atoms with E-state index >= 15 is 0 Å². The number of carbonyl (C=O) groups excluding carboxylic acids is 1. The molecule has 2 heterocycles. The van der Waals surface area contributed by atoms with E-state index in [9.17, 15) is 4.79 Å². The van der Waals surface area contributed by atoms with Gasteiger partial charge in [-0.15, -0.1) is 0 Å². The van der Waals surface area contributed by atoms with Crippen LogP contribution in [0.25, 0.3) is 22.2 Å². The lowest BCUT2D eigenvalue weighted by atomic mass is 10.1. The molecule has 5 heteroatoms. The predicted octanol–water partition coefficient (Wildman–Crippen LogP) is 3.12. The molecule has 0 saturated heterocycles. The molecule has 0 aliphatic rings. The van der Waals surface area contributed by atoms with Crippen molar-refractivity contribution in [2.45, 2.75) is 13.8 Å². The highest BCUT2D eigenvalue weighted by Gasteiger charge is 2.17. The Hall–Kier alpha value is -2.69. The van der Waals surface area contributed by atoms with Crippen LogP contribution < -0.4 is 0 Å². The lowest BCUT2D eigenvalue weighted by Crippen LogP contribution is -2.09. The van der Waals surface area contributed by atoms with E-state index in [1.807, 2.05) is 37.5 Å². The Morgan fingerprint density at radius 2 is 2.14 bits per heavy atom. The molecule has 3 rings (SSSR count). The second-order valence-corrected chi connectivity index (χ2v) is 5.10. The van der Waals surface area contributed by atoms with E-state index in [0.29, 0.717) is 23.7 Å². The van der Waals surface area contributed by atoms with Gasteiger partial charge in [-0.1, -0.05) is 6.07 Å². The second kappa shape index (κ2) is 5.60. The number of nitrogens with zero attached hydrogens (tertiary/aromatic N) is 3. The van der Waals surface area contributed by atoms with E-state index in [2.05, 4.69) is 14.5 Å². The number of carbonyl (C=O) groups is 1. The Labute approximate surface area is 128 Å². The third-order valence-electron chi connectivity index (χ3n) is 3.56. The molecule has 0 atom stereocenters. The van der Waals surface area contributed by atoms with Gasteiger partial charge in [-0.2, -0.15) is 0 Å². The van der Waals surface area contributed by atoms with Crippen LogP contribution in [0.1, 0.15) is 23.1 Å². The van der Waals surface area contributed by atoms with E-state index in [1.165, 1.54) is 6.20 Å². The van der Waals surface area contributed by atoms with Crippen molar-refractivity contribution in [1.29, 1.82) is 0 Å². The van der Waals surface area contributed by atoms with E-state index in [4.69, 9.17) is 4.74 Å². The molecule has 22 heavy (non-hydrogen) atoms. The molecule has 0 saturated carbocycles. The smallest absolute Gasteiger partial charge is 0.341 e. The molecule has 2 aromatic heterocycles. The highest BCUT2D eigenvalue weighted by molar-refractivity contribution is 5.97. The predicted molar refractivity (Wildman–Crippen MR) is 84.6 cm³/mol. The van der Waals surface area contributed by atoms with Crippen LogP contribution in [0.15, 0.2) is 36.7 Å². The van der Waals surface area contributed by atoms with Crippen molar-refractivity contribution in [3.8, 4) is 11.3 Å². The summed E-state index contributed by atoms with van der Waals surface area (Å²) in [7, 11) is 2.00. The summed E-state index contributed by atoms with van der Waals surface area (Å²) >= 11 is 0. The van der Waals surface area contributed by atoms with Crippen LogP contribution in [0.5, 0.6) is 0 Å². The SMILES string of the molecule is CCOC(=O)c1cnc(C)nc1-c1ccc2c(ccn2C)c1. The van der Waals surface area contributed by atoms with Gasteiger partial charge in [0, 0.05) is 35.9 Å². The molecule has 0 unspecified atom stereocenters. The maximum atomic E-state index is 12.1. The normalized spacial score (nSPS) is 10.9. The Balaban J connectivity index is 2.15. The summed E-state index contributed by atoms with van der Waals surface area (Å²) in [5.74, 6) is 0.224. The quantitative estimate of drug-likeness (QED) is 0.697. The van der Waals surface area contributed by atoms with Gasteiger partial charge in [-0.3, -0.25) is 0 Å². The first-order valence-corrected chi connectivity index (χ1v) is 7.16. The van der Waals surface area contributed by atoms with Gasteiger partial charge in [-0.25, -0.2) is 14.8 Å². The molecule has 0 aliphatic heterocycles. The van der Waals surface area contributed by atoms with Crippen LogP contribution in [-0.2, 0) is 11.8 Å². The van der Waals surface area contributed by atoms with Crippen molar-refractivity contribution in [3.63, 3.8) is 0 Å². The number of hydrogen-bond donors (Lipinski definition) is 0. The van der Waals surface area contributed by atoms with E-state index < -0.39 is 5.97 Å². The molecule has 0 amide bonds. The molecular weight excluding hydrogens is 278 g/mol. The maximum absolute atomic E-state index is 12.1. The molecule has 0 fully saturated rings. The van der Waals surface area contributed by atoms with Crippen LogP contribution >= 0.6 is 0 Å². The largest absolute Gasteiger partial charge is 0.462 e. The van der Waals surface area contributed by atoms with E-state index in [0.717, 1.165) is 16.5 Å². The topological polar surface area (TPSA) is 57.0 Å². The van der Waals surface area contributed by atoms with Gasteiger partial charge >= 0.3 is 5.97 Å². The Morgan fingerprint density at radius 1 is 1.32 bits per heavy atom. The molecular formula is C17H17N3O2. The number of esters is 1. The monoisotopic (exact) mass is 295 g/mol. The number of aromatic nitrogens is 3. The van der Waals surface area contributed by atoms with E-state index in [-0.39, 0.29) is 0 Å². The van der Waals surface area contributed by atoms with Crippen molar-refractivity contribution >= 4 is 16.9 Å². The summed E-state index contributed by atoms with van der Waals surface area (Å²) in [6.45, 7) is 3.91. The van der Waals surface area contributed by atoms with Crippen LogP contribution in [0.4, 0.5) is 0 Å². The average Bonchev–Trinajstić information content (AvgIpc) is 2.88. The molecule has 0 N–H and O–H groups in total. The number of rotatable bonds is 3. The van der Waals surface area contributed by atoms with Crippen molar-refractivity contribution in [3.05, 3.63) is 48.0 Å². The van der Waals surface area contributed by atoms with Crippen molar-refractivity contribution in [1.82, 2.24) is 14.5 Å². The van der Waals surface area contributed by atoms with Gasteiger partial charge < -0.3 is 9.30 Å². The van der Waals surface area contributed by atoms with Crippen LogP contribution in [0.3, 0.4) is 0 Å². The number of aryl methyl sites for hydroxylation is 2. The van der Waals surface area contributed by atoms with Crippen LogP contribution in [0, 0.1) is 6.92 Å². The zero-order chi connectivity index (χ0) is 15.7. The fourth-order valence-electron chi connectivity index (χ4n) is 2.48. The summed E-state index contributed by atoms with van der Waals surface area (Å²) in [4.78, 5) is 20.7. The summed E-state index contributed by atoms with van der Waals surface area (Å²) in [5, 5.41) is 1.10. The van der Waals surface area contributed by atoms with Gasteiger partial charge in [0.05, 0.1) is 12.3 Å². The highest BCUT2D eigenvalue weighted by atomic mass is 16.5. The van der Waals surface area contributed by atoms with Gasteiger partial charge in [-0.05, 0) is 32.0 Å². The fourth-order valence-corrected chi connectivity index (χ4v) is 2.48. The molecule has 0 radical (unpaired) electrons. The molecule has 0 aliphatic carbocycles. The van der Waals surface area contributed by atoms with Gasteiger partial charge in [0.2, 0.25) is 0 Å². The third-order valence-corrected chi connectivity index (χ3v) is 3.56. The first-order valence-electron chi connectivity index (χ1n) is 7.16. The first-order chi connectivity index (χ1) is 10.6. The minimum Gasteiger partial charge on any atom is -0.462 e. The third kappa shape index (κ3) is 2.45. The summed E-state index contributed by atoms with van der Waals surface area (Å²) in [6, 6.07) is 8.06. The maximum Gasteiger partial charge on any atom is 0.341 e.